The topological polar surface area (TPSA) is 43.6 Å². The average molecular weight is 359 g/mol. The van der Waals surface area contributed by atoms with Crippen LogP contribution in [0.2, 0.25) is 0 Å². The molecule has 0 spiro atoms. The van der Waals surface area contributed by atoms with E-state index >= 15 is 0 Å². The van der Waals surface area contributed by atoms with Gasteiger partial charge < -0.3 is 0 Å². The van der Waals surface area contributed by atoms with E-state index in [0.29, 0.717) is 15.5 Å². The third-order valence-corrected chi connectivity index (χ3v) is 4.37. The van der Waals surface area contributed by atoms with Crippen LogP contribution in [-0.4, -0.2) is 19.7 Å². The maximum atomic E-state index is 13.5. The predicted octanol–water partition coefficient (Wildman–Crippen LogP) is 3.75. The molecule has 0 saturated carbocycles. The molecule has 4 rings (SSSR count). The smallest absolute Gasteiger partial charge is 0.126 e. The quantitative estimate of drug-likeness (QED) is 0.665. The molecule has 0 saturated heterocycles. The van der Waals surface area contributed by atoms with Crippen molar-refractivity contribution in [3.8, 4) is 0 Å². The summed E-state index contributed by atoms with van der Waals surface area (Å²) in [5, 5.41) is 4.18. The fourth-order valence-electron chi connectivity index (χ4n) is 2.78. The van der Waals surface area contributed by atoms with Crippen LogP contribution in [0.5, 0.6) is 0 Å². The molecule has 0 aliphatic heterocycles. The first-order valence-electron chi connectivity index (χ1n) is 6.95. The monoisotopic (exact) mass is 358 g/mol. The van der Waals surface area contributed by atoms with Gasteiger partial charge in [-0.1, -0.05) is 0 Å². The van der Waals surface area contributed by atoms with Crippen LogP contribution < -0.4 is 0 Å². The van der Waals surface area contributed by atoms with Crippen molar-refractivity contribution in [1.29, 1.82) is 0 Å². The molecule has 0 amide bonds. The lowest BCUT2D eigenvalue weighted by atomic mass is 10.1. The maximum absolute atomic E-state index is 13.5. The van der Waals surface area contributed by atoms with Crippen molar-refractivity contribution in [3.63, 3.8) is 0 Å². The molecule has 0 N–H and O–H groups in total. The standard InChI is InChI=1S/C16H12BrFN4/c1-22-8-9(7-19-22)4-10-2-3-13-15(10)21-16-12(17)5-11(18)6-14(16)20-13/h4-8H,2-3H2,1H3. The van der Waals surface area contributed by atoms with Crippen LogP contribution in [0.25, 0.3) is 22.7 Å². The minimum absolute atomic E-state index is 0.308. The van der Waals surface area contributed by atoms with E-state index in [1.54, 1.807) is 4.68 Å². The van der Waals surface area contributed by atoms with E-state index in [-0.39, 0.29) is 5.82 Å². The highest BCUT2D eigenvalue weighted by Crippen LogP contribution is 2.34. The first-order chi connectivity index (χ1) is 10.6. The fourth-order valence-corrected chi connectivity index (χ4v) is 3.29. The molecule has 0 atom stereocenters. The third kappa shape index (κ3) is 2.23. The summed E-state index contributed by atoms with van der Waals surface area (Å²) in [6.45, 7) is 0. The summed E-state index contributed by atoms with van der Waals surface area (Å²) < 4.78 is 15.9. The van der Waals surface area contributed by atoms with E-state index in [9.17, 15) is 4.39 Å². The Hall–Kier alpha value is -2.08. The fraction of sp³-hybridized carbons (Fsp3) is 0.188. The molecule has 0 bridgehead atoms. The van der Waals surface area contributed by atoms with E-state index in [1.165, 1.54) is 12.1 Å². The lowest BCUT2D eigenvalue weighted by molar-refractivity contribution is 0.628. The molecule has 6 heteroatoms. The van der Waals surface area contributed by atoms with Crippen molar-refractivity contribution in [1.82, 2.24) is 19.7 Å². The van der Waals surface area contributed by atoms with Gasteiger partial charge in [-0.3, -0.25) is 4.68 Å². The molecule has 1 aliphatic carbocycles. The summed E-state index contributed by atoms with van der Waals surface area (Å²) in [5.74, 6) is -0.308. The minimum Gasteiger partial charge on any atom is -0.275 e. The van der Waals surface area contributed by atoms with Crippen molar-refractivity contribution in [3.05, 3.63) is 51.8 Å². The SMILES string of the molecule is Cn1cc(C=C2CCc3nc4cc(F)cc(Br)c4nc32)cn1. The number of nitrogens with zero attached hydrogens (tertiary/aromatic N) is 4. The molecular formula is C16H12BrFN4. The normalized spacial score (nSPS) is 15.7. The largest absolute Gasteiger partial charge is 0.275 e. The van der Waals surface area contributed by atoms with Gasteiger partial charge in [0.25, 0.3) is 0 Å². The van der Waals surface area contributed by atoms with Gasteiger partial charge in [-0.2, -0.15) is 5.10 Å². The van der Waals surface area contributed by atoms with Crippen molar-refractivity contribution >= 4 is 38.6 Å². The molecule has 0 unspecified atom stereocenters. The van der Waals surface area contributed by atoms with Crippen molar-refractivity contribution < 1.29 is 4.39 Å². The lowest BCUT2D eigenvalue weighted by Gasteiger charge is -2.05. The highest BCUT2D eigenvalue weighted by Gasteiger charge is 2.21. The summed E-state index contributed by atoms with van der Waals surface area (Å²) >= 11 is 3.37. The Morgan fingerprint density at radius 3 is 2.91 bits per heavy atom. The van der Waals surface area contributed by atoms with Crippen LogP contribution in [0, 0.1) is 5.82 Å². The Bertz CT molecular complexity index is 929. The van der Waals surface area contributed by atoms with Crippen molar-refractivity contribution in [2.24, 2.45) is 7.05 Å². The van der Waals surface area contributed by atoms with Gasteiger partial charge in [0.15, 0.2) is 0 Å². The number of allylic oxidation sites excluding steroid dienone is 1. The van der Waals surface area contributed by atoms with Crippen molar-refractivity contribution in [2.45, 2.75) is 12.8 Å². The number of rotatable bonds is 1. The Balaban J connectivity index is 1.88. The second kappa shape index (κ2) is 4.98. The van der Waals surface area contributed by atoms with Gasteiger partial charge in [0.05, 0.1) is 23.1 Å². The highest BCUT2D eigenvalue weighted by molar-refractivity contribution is 9.10. The number of aromatic nitrogens is 4. The third-order valence-electron chi connectivity index (χ3n) is 3.76. The number of hydrogen-bond donors (Lipinski definition) is 0. The van der Waals surface area contributed by atoms with Gasteiger partial charge in [-0.25, -0.2) is 14.4 Å². The van der Waals surface area contributed by atoms with Gasteiger partial charge in [0.2, 0.25) is 0 Å². The highest BCUT2D eigenvalue weighted by atomic mass is 79.9. The van der Waals surface area contributed by atoms with Crippen LogP contribution in [0.4, 0.5) is 4.39 Å². The van der Waals surface area contributed by atoms with Crippen LogP contribution in [0.3, 0.4) is 0 Å². The molecule has 22 heavy (non-hydrogen) atoms. The van der Waals surface area contributed by atoms with E-state index in [2.05, 4.69) is 32.1 Å². The van der Waals surface area contributed by atoms with Crippen LogP contribution >= 0.6 is 15.9 Å². The average Bonchev–Trinajstić information content (AvgIpc) is 3.04. The Morgan fingerprint density at radius 2 is 2.14 bits per heavy atom. The van der Waals surface area contributed by atoms with Crippen LogP contribution in [0.15, 0.2) is 29.0 Å². The second-order valence-electron chi connectivity index (χ2n) is 5.39. The Kier molecular flexibility index (Phi) is 3.07. The number of fused-ring (bicyclic) bond motifs is 2. The molecule has 1 aliphatic rings. The first-order valence-corrected chi connectivity index (χ1v) is 7.75. The number of benzene rings is 1. The summed E-state index contributed by atoms with van der Waals surface area (Å²) in [7, 11) is 1.89. The predicted molar refractivity (Wildman–Crippen MR) is 86.6 cm³/mol. The minimum atomic E-state index is -0.308. The lowest BCUT2D eigenvalue weighted by Crippen LogP contribution is -1.95. The summed E-state index contributed by atoms with van der Waals surface area (Å²) in [5.41, 5.74) is 5.32. The van der Waals surface area contributed by atoms with E-state index in [4.69, 9.17) is 4.98 Å². The van der Waals surface area contributed by atoms with Gasteiger partial charge in [-0.15, -0.1) is 0 Å². The Morgan fingerprint density at radius 1 is 1.27 bits per heavy atom. The number of halogens is 2. The van der Waals surface area contributed by atoms with Crippen molar-refractivity contribution in [2.75, 3.05) is 0 Å². The molecule has 3 aromatic rings. The second-order valence-corrected chi connectivity index (χ2v) is 6.25. The molecule has 110 valence electrons. The maximum Gasteiger partial charge on any atom is 0.126 e. The van der Waals surface area contributed by atoms with E-state index in [0.717, 1.165) is 35.4 Å². The molecule has 0 radical (unpaired) electrons. The van der Waals surface area contributed by atoms with Gasteiger partial charge >= 0.3 is 0 Å². The van der Waals surface area contributed by atoms with Gasteiger partial charge in [0, 0.05) is 29.3 Å². The zero-order valence-electron chi connectivity index (χ0n) is 11.8. The number of hydrogen-bond acceptors (Lipinski definition) is 3. The van der Waals surface area contributed by atoms with Gasteiger partial charge in [-0.05, 0) is 46.5 Å². The Labute approximate surface area is 134 Å². The van der Waals surface area contributed by atoms with Crippen LogP contribution in [-0.2, 0) is 13.5 Å². The summed E-state index contributed by atoms with van der Waals surface area (Å²) in [6, 6.07) is 2.85. The zero-order chi connectivity index (χ0) is 15.3. The summed E-state index contributed by atoms with van der Waals surface area (Å²) in [6.07, 6.45) is 7.60. The van der Waals surface area contributed by atoms with Gasteiger partial charge in [0.1, 0.15) is 11.3 Å². The molecule has 2 heterocycles. The molecule has 0 fully saturated rings. The number of aryl methyl sites for hydroxylation is 2. The molecular weight excluding hydrogens is 347 g/mol. The zero-order valence-corrected chi connectivity index (χ0v) is 13.4. The molecule has 4 nitrogen and oxygen atoms in total. The molecule has 1 aromatic carbocycles. The van der Waals surface area contributed by atoms with Crippen LogP contribution in [0.1, 0.15) is 23.4 Å². The molecule has 2 aromatic heterocycles. The summed E-state index contributed by atoms with van der Waals surface area (Å²) in [4.78, 5) is 9.29. The first kappa shape index (κ1) is 13.6. The van der Waals surface area contributed by atoms with E-state index < -0.39 is 0 Å². The van der Waals surface area contributed by atoms with E-state index in [1.807, 2.05) is 19.4 Å².